The van der Waals surface area contributed by atoms with Crippen molar-refractivity contribution in [2.24, 2.45) is 0 Å². The Bertz CT molecular complexity index is 2870. The molecule has 0 fully saturated rings. The fourth-order valence-electron chi connectivity index (χ4n) is 8.93. The van der Waals surface area contributed by atoms with E-state index < -0.39 is 31.7 Å². The molecule has 0 spiro atoms. The van der Waals surface area contributed by atoms with Crippen molar-refractivity contribution in [2.45, 2.75) is 0 Å². The molecule has 0 radical (unpaired) electrons. The van der Waals surface area contributed by atoms with Gasteiger partial charge in [0.05, 0.1) is 13.2 Å². The molecule has 0 aromatic heterocycles. The fourth-order valence-corrected chi connectivity index (χ4v) is 18.5. The maximum Gasteiger partial charge on any atom is 1.00 e. The second-order valence-electron chi connectivity index (χ2n) is 18.6. The van der Waals surface area contributed by atoms with Crippen LogP contribution in [0.3, 0.4) is 0 Å². The van der Waals surface area contributed by atoms with Gasteiger partial charge in [0.25, 0.3) is 0 Å². The molecule has 1 nitrogen and oxygen atoms in total. The van der Waals surface area contributed by atoms with E-state index in [1.54, 1.807) is 0 Å². The van der Waals surface area contributed by atoms with Crippen molar-refractivity contribution >= 4 is 153 Å². The van der Waals surface area contributed by atoms with Crippen molar-refractivity contribution < 1.29 is 38.9 Å². The molecular formula is C76H64Cu2OP4S4. The normalized spacial score (nSPS) is 10.2. The number of ether oxygens (including phenoxy) is 1. The third kappa shape index (κ3) is 23.5. The Morgan fingerprint density at radius 3 is 0.379 bits per heavy atom. The molecule has 0 heterocycles. The first-order chi connectivity index (χ1) is 41.9. The van der Waals surface area contributed by atoms with Gasteiger partial charge in [0.15, 0.2) is 0 Å². The largest absolute Gasteiger partial charge is 1.00 e. The van der Waals surface area contributed by atoms with Gasteiger partial charge < -0.3 is 54.4 Å². The van der Waals surface area contributed by atoms with Crippen molar-refractivity contribution in [3.05, 3.63) is 364 Å². The number of benzene rings is 12. The number of thiocarbonyl (C=S) groups is 2. The van der Waals surface area contributed by atoms with E-state index in [4.69, 9.17) is 4.74 Å². The van der Waals surface area contributed by atoms with E-state index in [1.165, 1.54) is 63.7 Å². The molecule has 87 heavy (non-hydrogen) atoms. The van der Waals surface area contributed by atoms with Crippen LogP contribution in [0.2, 0.25) is 0 Å². The van der Waals surface area contributed by atoms with E-state index in [-0.39, 0.29) is 34.1 Å². The molecule has 0 bridgehead atoms. The summed E-state index contributed by atoms with van der Waals surface area (Å²) in [7, 11) is -1.78. The molecule has 0 amide bonds. The molecule has 0 aliphatic heterocycles. The van der Waals surface area contributed by atoms with Gasteiger partial charge in [0.2, 0.25) is 0 Å². The van der Waals surface area contributed by atoms with Crippen molar-refractivity contribution in [3.8, 4) is 0 Å². The zero-order valence-electron chi connectivity index (χ0n) is 47.5. The van der Waals surface area contributed by atoms with Crippen LogP contribution in [0.15, 0.2) is 364 Å². The van der Waals surface area contributed by atoms with E-state index in [2.05, 4.69) is 414 Å². The summed E-state index contributed by atoms with van der Waals surface area (Å²) in [6.45, 7) is 0.586. The predicted molar refractivity (Wildman–Crippen MR) is 391 cm³/mol. The average Bonchev–Trinajstić information content (AvgIpc) is 3.69. The third-order valence-electron chi connectivity index (χ3n) is 12.6. The van der Waals surface area contributed by atoms with Crippen molar-refractivity contribution in [2.75, 3.05) is 13.2 Å². The Morgan fingerprint density at radius 1 is 0.207 bits per heavy atom. The quantitative estimate of drug-likeness (QED) is 0.0411. The first kappa shape index (κ1) is 70.1. The van der Waals surface area contributed by atoms with E-state index in [1.807, 2.05) is 0 Å². The van der Waals surface area contributed by atoms with Gasteiger partial charge in [-0.2, -0.15) is 0 Å². The predicted octanol–water partition coefficient (Wildman–Crippen LogP) is 14.5. The summed E-state index contributed by atoms with van der Waals surface area (Å²) in [6, 6.07) is 129. The zero-order chi connectivity index (χ0) is 58.9. The molecule has 0 N–H and O–H groups in total. The van der Waals surface area contributed by atoms with E-state index in [9.17, 15) is 0 Å². The third-order valence-corrected chi connectivity index (χ3v) is 22.9. The molecule has 0 aliphatic carbocycles. The smallest absolute Gasteiger partial charge is 0.431 e. The van der Waals surface area contributed by atoms with Crippen molar-refractivity contribution in [1.82, 2.24) is 0 Å². The second kappa shape index (κ2) is 40.5. The molecular weight excluding hydrogens is 1310 g/mol. The van der Waals surface area contributed by atoms with Crippen LogP contribution in [-0.4, -0.2) is 21.6 Å². The van der Waals surface area contributed by atoms with Crippen LogP contribution >= 0.6 is 56.1 Å². The van der Waals surface area contributed by atoms with Crippen LogP contribution in [0.4, 0.5) is 0 Å². The van der Waals surface area contributed by atoms with Crippen LogP contribution in [0, 0.1) is 0 Å². The van der Waals surface area contributed by atoms with Crippen molar-refractivity contribution in [1.29, 1.82) is 0 Å². The van der Waals surface area contributed by atoms with Crippen LogP contribution in [0.25, 0.3) is 0 Å². The average molecular weight is 1370 g/mol. The number of rotatable bonds is 16. The van der Waals surface area contributed by atoms with E-state index in [0.29, 0.717) is 21.6 Å². The summed E-state index contributed by atoms with van der Waals surface area (Å²) < 4.78 is 5.67. The summed E-state index contributed by atoms with van der Waals surface area (Å²) >= 11 is 18.2. The molecule has 12 rings (SSSR count). The van der Waals surface area contributed by atoms with Crippen LogP contribution in [-0.2, 0) is 64.1 Å². The molecule has 0 saturated heterocycles. The molecule has 440 valence electrons. The molecule has 0 saturated carbocycles. The minimum atomic E-state index is -0.446. The van der Waals surface area contributed by atoms with E-state index in [0.717, 1.165) is 0 Å². The van der Waals surface area contributed by atoms with Crippen LogP contribution in [0.5, 0.6) is 0 Å². The maximum absolute atomic E-state index is 4.87. The molecule has 0 atom stereocenters. The Labute approximate surface area is 564 Å². The Balaban J connectivity index is 0.000000176. The molecule has 0 aliphatic rings. The van der Waals surface area contributed by atoms with Gasteiger partial charge >= 0.3 is 34.1 Å². The Kier molecular flexibility index (Phi) is 32.6. The van der Waals surface area contributed by atoms with Gasteiger partial charge in [0, 0.05) is 0 Å². The van der Waals surface area contributed by atoms with Gasteiger partial charge in [-0.05, 0) is 95.3 Å². The van der Waals surface area contributed by atoms with Gasteiger partial charge in [-0.1, -0.05) is 364 Å². The van der Waals surface area contributed by atoms with Gasteiger partial charge in [0.1, 0.15) is 0 Å². The first-order valence-electron chi connectivity index (χ1n) is 27.7. The zero-order valence-corrected chi connectivity index (χ0v) is 56.2. The van der Waals surface area contributed by atoms with Gasteiger partial charge in [-0.15, -0.1) is 8.39 Å². The SMILES string of the molecule is S=C([S-])COCC(=S)[S-].[Cu+].[Cu+].c1ccc(P(c2ccccc2)c2ccccc2)cc1.c1ccc(P(c2ccccc2)c2ccccc2)cc1.c1ccc(P(c2ccccc2)c2ccccc2)cc1.c1ccc(P(c2ccccc2)c2ccccc2)cc1. The summed E-state index contributed by atoms with van der Waals surface area (Å²) in [5.41, 5.74) is 0. The fraction of sp³-hybridized carbons (Fsp3) is 0.0263. The van der Waals surface area contributed by atoms with Crippen LogP contribution in [0.1, 0.15) is 0 Å². The Hall–Kier alpha value is -6.02. The molecule has 0 unspecified atom stereocenters. The molecule has 12 aromatic rings. The van der Waals surface area contributed by atoms with E-state index >= 15 is 0 Å². The Morgan fingerprint density at radius 2 is 0.299 bits per heavy atom. The van der Waals surface area contributed by atoms with Gasteiger partial charge in [-0.3, -0.25) is 0 Å². The minimum absolute atomic E-state index is 0. The summed E-state index contributed by atoms with van der Waals surface area (Å²) in [5.74, 6) is 0. The summed E-state index contributed by atoms with van der Waals surface area (Å²) in [6.07, 6.45) is 0. The molecule has 11 heteroatoms. The maximum atomic E-state index is 4.87. The van der Waals surface area contributed by atoms with Crippen molar-refractivity contribution in [3.63, 3.8) is 0 Å². The van der Waals surface area contributed by atoms with Gasteiger partial charge in [-0.25, -0.2) is 0 Å². The standard InChI is InChI=1S/4C18H15P.C4H6OS4.2Cu/c4*1-4-10-16(11-5-1)19(17-12-6-2-7-13-17)18-14-8-3-9-15-18;6-3(7)1-5-2-4(8)9;;/h4*1-15H;1-2H2,(H,6,7)(H,8,9);;/q;;;;;2*+1/p-2. The monoisotopic (exact) mass is 1370 g/mol. The first-order valence-corrected chi connectivity index (χ1v) is 34.7. The minimum Gasteiger partial charge on any atom is -0.431 e. The topological polar surface area (TPSA) is 9.23 Å². The second-order valence-corrected chi connectivity index (χ2v) is 30.0. The summed E-state index contributed by atoms with van der Waals surface area (Å²) in [4.78, 5) is 0. The molecule has 12 aromatic carbocycles. The number of hydrogen-bond donors (Lipinski definition) is 0. The number of hydrogen-bond acceptors (Lipinski definition) is 5. The van der Waals surface area contributed by atoms with Crippen LogP contribution < -0.4 is 63.7 Å². The summed E-state index contributed by atoms with van der Waals surface area (Å²) in [5, 5.41) is 16.8.